The second-order valence-corrected chi connectivity index (χ2v) is 6.85. The number of pyridine rings is 1. The van der Waals surface area contributed by atoms with Gasteiger partial charge in [-0.15, -0.1) is 0 Å². The molecule has 1 aromatic rings. The summed E-state index contributed by atoms with van der Waals surface area (Å²) >= 11 is 3.18. The van der Waals surface area contributed by atoms with Gasteiger partial charge in [0.15, 0.2) is 9.84 Å². The van der Waals surface area contributed by atoms with Gasteiger partial charge in [-0.2, -0.15) is 0 Å². The van der Waals surface area contributed by atoms with E-state index in [4.69, 9.17) is 0 Å². The van der Waals surface area contributed by atoms with E-state index in [9.17, 15) is 8.42 Å². The van der Waals surface area contributed by atoms with Gasteiger partial charge in [0.25, 0.3) is 0 Å². The zero-order chi connectivity index (χ0) is 12.7. The highest BCUT2D eigenvalue weighted by atomic mass is 79.9. The van der Waals surface area contributed by atoms with Crippen LogP contribution in [0.2, 0.25) is 0 Å². The van der Waals surface area contributed by atoms with Gasteiger partial charge in [0.2, 0.25) is 0 Å². The van der Waals surface area contributed by atoms with E-state index in [1.54, 1.807) is 18.3 Å². The third kappa shape index (κ3) is 4.76. The van der Waals surface area contributed by atoms with Crippen molar-refractivity contribution in [2.45, 2.75) is 43.9 Å². The second-order valence-electron chi connectivity index (χ2n) is 4.03. The highest BCUT2D eigenvalue weighted by Gasteiger charge is 2.17. The molecule has 0 atom stereocenters. The Morgan fingerprint density at radius 2 is 1.94 bits per heavy atom. The molecule has 0 radical (unpaired) electrons. The Labute approximate surface area is 112 Å². The largest absolute Gasteiger partial charge is 0.248 e. The average molecular weight is 320 g/mol. The molecule has 0 saturated carbocycles. The van der Waals surface area contributed by atoms with Crippen LogP contribution < -0.4 is 0 Å². The lowest BCUT2D eigenvalue weighted by molar-refractivity contribution is 0.586. The van der Waals surface area contributed by atoms with Gasteiger partial charge < -0.3 is 0 Å². The molecule has 0 fully saturated rings. The van der Waals surface area contributed by atoms with Gasteiger partial charge in [-0.25, -0.2) is 13.4 Å². The van der Waals surface area contributed by atoms with Crippen molar-refractivity contribution in [2.24, 2.45) is 0 Å². The van der Waals surface area contributed by atoms with Crippen molar-refractivity contribution in [1.29, 1.82) is 0 Å². The van der Waals surface area contributed by atoms with Crippen LogP contribution in [0.4, 0.5) is 0 Å². The van der Waals surface area contributed by atoms with Crippen LogP contribution in [0.5, 0.6) is 0 Å². The average Bonchev–Trinajstić information content (AvgIpc) is 2.29. The summed E-state index contributed by atoms with van der Waals surface area (Å²) in [7, 11) is -3.19. The monoisotopic (exact) mass is 319 g/mol. The summed E-state index contributed by atoms with van der Waals surface area (Å²) < 4.78 is 24.4. The van der Waals surface area contributed by atoms with Crippen molar-refractivity contribution in [3.05, 3.63) is 22.9 Å². The van der Waals surface area contributed by atoms with E-state index in [-0.39, 0.29) is 5.75 Å². The summed E-state index contributed by atoms with van der Waals surface area (Å²) in [6.45, 7) is 2.14. The topological polar surface area (TPSA) is 47.0 Å². The second kappa shape index (κ2) is 7.11. The van der Waals surface area contributed by atoms with E-state index in [2.05, 4.69) is 27.8 Å². The number of unbranched alkanes of at least 4 members (excludes halogenated alkanes) is 4. The van der Waals surface area contributed by atoms with E-state index in [1.165, 1.54) is 12.8 Å². The molecule has 5 heteroatoms. The van der Waals surface area contributed by atoms with Gasteiger partial charge >= 0.3 is 0 Å². The molecule has 0 amide bonds. The number of rotatable bonds is 7. The molecule has 0 spiro atoms. The SMILES string of the molecule is CCCCCCCS(=O)(=O)c1cccnc1Br. The van der Waals surface area contributed by atoms with Crippen molar-refractivity contribution >= 4 is 25.8 Å². The zero-order valence-corrected chi connectivity index (χ0v) is 12.4. The molecule has 96 valence electrons. The van der Waals surface area contributed by atoms with Crippen LogP contribution in [0.1, 0.15) is 39.0 Å². The van der Waals surface area contributed by atoms with E-state index in [1.807, 2.05) is 0 Å². The minimum absolute atomic E-state index is 0.209. The van der Waals surface area contributed by atoms with Gasteiger partial charge in [0, 0.05) is 6.20 Å². The van der Waals surface area contributed by atoms with Gasteiger partial charge in [-0.3, -0.25) is 0 Å². The quantitative estimate of drug-likeness (QED) is 0.570. The summed E-state index contributed by atoms with van der Waals surface area (Å²) in [4.78, 5) is 4.24. The predicted molar refractivity (Wildman–Crippen MR) is 72.7 cm³/mol. The molecule has 17 heavy (non-hydrogen) atoms. The highest BCUT2D eigenvalue weighted by Crippen LogP contribution is 2.21. The number of sulfone groups is 1. The van der Waals surface area contributed by atoms with Gasteiger partial charge in [0.05, 0.1) is 10.6 Å². The van der Waals surface area contributed by atoms with Crippen LogP contribution in [-0.2, 0) is 9.84 Å². The number of halogens is 1. The molecular formula is C12H18BrNO2S. The normalized spacial score (nSPS) is 11.6. The molecule has 0 unspecified atom stereocenters. The highest BCUT2D eigenvalue weighted by molar-refractivity contribution is 9.10. The summed E-state index contributed by atoms with van der Waals surface area (Å²) in [6, 6.07) is 3.24. The maximum Gasteiger partial charge on any atom is 0.181 e. The van der Waals surface area contributed by atoms with Crippen LogP contribution in [0.25, 0.3) is 0 Å². The molecule has 3 nitrogen and oxygen atoms in total. The van der Waals surface area contributed by atoms with E-state index in [0.717, 1.165) is 19.3 Å². The first-order valence-corrected chi connectivity index (χ1v) is 8.35. The Balaban J connectivity index is 2.55. The number of hydrogen-bond acceptors (Lipinski definition) is 3. The van der Waals surface area contributed by atoms with Gasteiger partial charge in [-0.05, 0) is 34.5 Å². The van der Waals surface area contributed by atoms with Crippen molar-refractivity contribution in [1.82, 2.24) is 4.98 Å². The lowest BCUT2D eigenvalue weighted by Gasteiger charge is -2.05. The molecule has 0 aliphatic carbocycles. The van der Waals surface area contributed by atoms with Crippen molar-refractivity contribution < 1.29 is 8.42 Å². The first-order chi connectivity index (χ1) is 8.08. The van der Waals surface area contributed by atoms with Crippen LogP contribution in [0.15, 0.2) is 27.8 Å². The van der Waals surface area contributed by atoms with Crippen LogP contribution in [-0.4, -0.2) is 19.2 Å². The molecule has 0 aromatic carbocycles. The maximum absolute atomic E-state index is 12.0. The molecule has 0 N–H and O–H groups in total. The van der Waals surface area contributed by atoms with Gasteiger partial charge in [0.1, 0.15) is 4.60 Å². The number of hydrogen-bond donors (Lipinski definition) is 0. The standard InChI is InChI=1S/C12H18BrNO2S/c1-2-3-4-5-6-10-17(15,16)11-8-7-9-14-12(11)13/h7-9H,2-6,10H2,1H3. The summed E-state index contributed by atoms with van der Waals surface area (Å²) in [5.74, 6) is 0.209. The Morgan fingerprint density at radius 3 is 2.59 bits per heavy atom. The van der Waals surface area contributed by atoms with Crippen molar-refractivity contribution in [2.75, 3.05) is 5.75 Å². The van der Waals surface area contributed by atoms with E-state index >= 15 is 0 Å². The van der Waals surface area contributed by atoms with Crippen LogP contribution in [0.3, 0.4) is 0 Å². The fourth-order valence-electron chi connectivity index (χ4n) is 1.61. The molecule has 1 rings (SSSR count). The fourth-order valence-corrected chi connectivity index (χ4v) is 4.00. The first kappa shape index (κ1) is 14.6. The third-order valence-corrected chi connectivity index (χ3v) is 5.30. The minimum atomic E-state index is -3.19. The lowest BCUT2D eigenvalue weighted by Crippen LogP contribution is -2.08. The summed E-state index contributed by atoms with van der Waals surface area (Å²) in [5.41, 5.74) is 0. The smallest absolute Gasteiger partial charge is 0.181 e. The van der Waals surface area contributed by atoms with Crippen LogP contribution >= 0.6 is 15.9 Å². The van der Waals surface area contributed by atoms with Gasteiger partial charge in [-0.1, -0.05) is 32.6 Å². The number of nitrogens with zero attached hydrogens (tertiary/aromatic N) is 1. The lowest BCUT2D eigenvalue weighted by atomic mass is 10.2. The van der Waals surface area contributed by atoms with Crippen molar-refractivity contribution in [3.63, 3.8) is 0 Å². The Kier molecular flexibility index (Phi) is 6.12. The Bertz CT molecular complexity index is 446. The molecule has 1 aromatic heterocycles. The van der Waals surface area contributed by atoms with E-state index in [0.29, 0.717) is 9.50 Å². The summed E-state index contributed by atoms with van der Waals surface area (Å²) in [5, 5.41) is 0. The molecule has 0 bridgehead atoms. The molecule has 0 aliphatic rings. The zero-order valence-electron chi connectivity index (χ0n) is 10.0. The predicted octanol–water partition coefficient (Wildman–Crippen LogP) is 3.59. The van der Waals surface area contributed by atoms with Crippen LogP contribution in [0, 0.1) is 0 Å². The molecular weight excluding hydrogens is 302 g/mol. The van der Waals surface area contributed by atoms with Crippen molar-refractivity contribution in [3.8, 4) is 0 Å². The Hall–Kier alpha value is -0.420. The molecule has 0 saturated heterocycles. The Morgan fingerprint density at radius 1 is 1.24 bits per heavy atom. The third-order valence-electron chi connectivity index (χ3n) is 2.58. The molecule has 1 heterocycles. The summed E-state index contributed by atoms with van der Waals surface area (Å²) in [6.07, 6.45) is 6.73. The fraction of sp³-hybridized carbons (Fsp3) is 0.583. The van der Waals surface area contributed by atoms with E-state index < -0.39 is 9.84 Å². The first-order valence-electron chi connectivity index (χ1n) is 5.91. The minimum Gasteiger partial charge on any atom is -0.248 e. The number of aromatic nitrogens is 1. The maximum atomic E-state index is 12.0. The molecule has 0 aliphatic heterocycles.